The molecule has 2 saturated heterocycles. The predicted molar refractivity (Wildman–Crippen MR) is 103 cm³/mol. The molecule has 4 nitrogen and oxygen atoms in total. The van der Waals surface area contributed by atoms with Crippen LogP contribution < -0.4 is 0 Å². The van der Waals surface area contributed by atoms with Gasteiger partial charge in [-0.15, -0.1) is 0 Å². The van der Waals surface area contributed by atoms with Gasteiger partial charge in [-0.1, -0.05) is 37.5 Å². The van der Waals surface area contributed by atoms with Crippen molar-refractivity contribution in [1.29, 1.82) is 0 Å². The Kier molecular flexibility index (Phi) is 5.67. The van der Waals surface area contributed by atoms with Crippen molar-refractivity contribution < 1.29 is 13.9 Å². The molecule has 0 spiro atoms. The maximum atomic E-state index is 14.2. The highest BCUT2D eigenvalue weighted by molar-refractivity contribution is 5.68. The van der Waals surface area contributed by atoms with Crippen molar-refractivity contribution in [3.63, 3.8) is 0 Å². The molecule has 2 unspecified atom stereocenters. The lowest BCUT2D eigenvalue weighted by molar-refractivity contribution is 0.000273. The first-order valence-corrected chi connectivity index (χ1v) is 10.5. The van der Waals surface area contributed by atoms with Crippen LogP contribution in [0.2, 0.25) is 0 Å². The third-order valence-electron chi connectivity index (χ3n) is 6.87. The molecule has 0 radical (unpaired) electrons. The molecule has 2 atom stereocenters. The fourth-order valence-electron chi connectivity index (χ4n) is 5.21. The Morgan fingerprint density at radius 2 is 1.78 bits per heavy atom. The normalized spacial score (nSPS) is 28.9. The van der Waals surface area contributed by atoms with Crippen molar-refractivity contribution in [3.8, 4) is 0 Å². The van der Waals surface area contributed by atoms with Crippen LogP contribution >= 0.6 is 0 Å². The number of halogens is 1. The number of rotatable bonds is 4. The van der Waals surface area contributed by atoms with Gasteiger partial charge in [0.1, 0.15) is 11.9 Å². The van der Waals surface area contributed by atoms with Crippen LogP contribution in [0.1, 0.15) is 63.4 Å². The lowest BCUT2D eigenvalue weighted by Gasteiger charge is -2.38. The van der Waals surface area contributed by atoms with Crippen molar-refractivity contribution in [1.82, 2.24) is 9.80 Å². The van der Waals surface area contributed by atoms with Crippen molar-refractivity contribution >= 4 is 6.09 Å². The summed E-state index contributed by atoms with van der Waals surface area (Å²) in [6.45, 7) is 0.301. The monoisotopic (exact) mass is 374 g/mol. The van der Waals surface area contributed by atoms with Crippen LogP contribution in [0.4, 0.5) is 9.18 Å². The van der Waals surface area contributed by atoms with E-state index < -0.39 is 0 Å². The maximum absolute atomic E-state index is 14.2. The molecule has 3 fully saturated rings. The van der Waals surface area contributed by atoms with Crippen LogP contribution in [-0.4, -0.2) is 47.2 Å². The van der Waals surface area contributed by atoms with E-state index >= 15 is 0 Å². The number of piperidine rings is 1. The fraction of sp³-hybridized carbons (Fsp3) is 0.682. The third-order valence-corrected chi connectivity index (χ3v) is 6.87. The summed E-state index contributed by atoms with van der Waals surface area (Å²) in [4.78, 5) is 17.4. The SMILES string of the molecule is CN1C2CCC1CC(OC(=O)N(Cc1ccccc1F)C1CCCCC1)C2. The van der Waals surface area contributed by atoms with Crippen LogP contribution in [0.15, 0.2) is 24.3 Å². The van der Waals surface area contributed by atoms with Gasteiger partial charge in [-0.25, -0.2) is 9.18 Å². The molecule has 2 bridgehead atoms. The van der Waals surface area contributed by atoms with Crippen LogP contribution in [-0.2, 0) is 11.3 Å². The number of amides is 1. The summed E-state index contributed by atoms with van der Waals surface area (Å²) in [5, 5.41) is 0. The summed E-state index contributed by atoms with van der Waals surface area (Å²) in [6, 6.07) is 8.00. The molecule has 5 heteroatoms. The minimum Gasteiger partial charge on any atom is -0.446 e. The Morgan fingerprint density at radius 3 is 2.44 bits per heavy atom. The van der Waals surface area contributed by atoms with E-state index in [0.29, 0.717) is 24.2 Å². The molecule has 148 valence electrons. The van der Waals surface area contributed by atoms with Gasteiger partial charge < -0.3 is 14.5 Å². The molecule has 3 aliphatic rings. The molecule has 27 heavy (non-hydrogen) atoms. The molecule has 1 amide bonds. The van der Waals surface area contributed by atoms with Crippen molar-refractivity contribution in [3.05, 3.63) is 35.6 Å². The standard InChI is InChI=1S/C22H31FN2O2/c1-24-18-11-12-19(24)14-20(13-18)27-22(26)25(17-8-3-2-4-9-17)15-16-7-5-6-10-21(16)23/h5-7,10,17-20H,2-4,8-9,11-15H2,1H3. The Hall–Kier alpha value is -1.62. The second kappa shape index (κ2) is 8.17. The summed E-state index contributed by atoms with van der Waals surface area (Å²) in [5.74, 6) is -0.247. The minimum absolute atomic E-state index is 0.00193. The Balaban J connectivity index is 1.46. The lowest BCUT2D eigenvalue weighted by Crippen LogP contribution is -2.47. The fourth-order valence-corrected chi connectivity index (χ4v) is 5.21. The van der Waals surface area contributed by atoms with Gasteiger partial charge in [0.25, 0.3) is 0 Å². The number of benzene rings is 1. The van der Waals surface area contributed by atoms with Crippen LogP contribution in [0, 0.1) is 5.82 Å². The Morgan fingerprint density at radius 1 is 1.11 bits per heavy atom. The summed E-state index contributed by atoms with van der Waals surface area (Å²) in [6.07, 6.45) is 9.47. The molecule has 1 saturated carbocycles. The van der Waals surface area contributed by atoms with E-state index in [1.54, 1.807) is 17.0 Å². The molecule has 1 aliphatic carbocycles. The lowest BCUT2D eigenvalue weighted by atomic mass is 9.94. The molecule has 0 aromatic heterocycles. The van der Waals surface area contributed by atoms with Gasteiger partial charge in [0, 0.05) is 36.5 Å². The summed E-state index contributed by atoms with van der Waals surface area (Å²) >= 11 is 0. The average Bonchev–Trinajstić information content (AvgIpc) is 2.89. The van der Waals surface area contributed by atoms with Gasteiger partial charge in [-0.05, 0) is 38.8 Å². The van der Waals surface area contributed by atoms with E-state index in [1.165, 1.54) is 25.3 Å². The van der Waals surface area contributed by atoms with E-state index in [-0.39, 0.29) is 24.1 Å². The van der Waals surface area contributed by atoms with Crippen molar-refractivity contribution in [2.45, 2.75) is 88.6 Å². The van der Waals surface area contributed by atoms with Crippen molar-refractivity contribution in [2.75, 3.05) is 7.05 Å². The molecule has 0 N–H and O–H groups in total. The largest absolute Gasteiger partial charge is 0.446 e. The molecule has 1 aromatic carbocycles. The topological polar surface area (TPSA) is 32.8 Å². The predicted octanol–water partition coefficient (Wildman–Crippen LogP) is 4.72. The quantitative estimate of drug-likeness (QED) is 0.764. The summed E-state index contributed by atoms with van der Waals surface area (Å²) in [5.41, 5.74) is 0.573. The highest BCUT2D eigenvalue weighted by Gasteiger charge is 2.40. The van der Waals surface area contributed by atoms with E-state index in [1.807, 2.05) is 6.07 Å². The number of fused-ring (bicyclic) bond motifs is 2. The number of carbonyl (C=O) groups excluding carboxylic acids is 1. The zero-order chi connectivity index (χ0) is 18.8. The summed E-state index contributed by atoms with van der Waals surface area (Å²) in [7, 11) is 2.19. The second-order valence-corrected chi connectivity index (χ2v) is 8.54. The number of ether oxygens (including phenoxy) is 1. The van der Waals surface area contributed by atoms with Crippen molar-refractivity contribution in [2.24, 2.45) is 0 Å². The Labute approximate surface area is 161 Å². The first-order valence-electron chi connectivity index (χ1n) is 10.5. The zero-order valence-electron chi connectivity index (χ0n) is 16.3. The second-order valence-electron chi connectivity index (χ2n) is 8.54. The number of hydrogen-bond acceptors (Lipinski definition) is 3. The van der Waals surface area contributed by atoms with Gasteiger partial charge >= 0.3 is 6.09 Å². The zero-order valence-corrected chi connectivity index (χ0v) is 16.3. The van der Waals surface area contributed by atoms with Crippen LogP contribution in [0.25, 0.3) is 0 Å². The minimum atomic E-state index is -0.251. The van der Waals surface area contributed by atoms with E-state index in [4.69, 9.17) is 4.74 Å². The smallest absolute Gasteiger partial charge is 0.410 e. The number of carbonyl (C=O) groups is 1. The van der Waals surface area contributed by atoms with Gasteiger partial charge in [-0.2, -0.15) is 0 Å². The number of hydrogen-bond donors (Lipinski definition) is 0. The van der Waals surface area contributed by atoms with Gasteiger partial charge in [-0.3, -0.25) is 0 Å². The van der Waals surface area contributed by atoms with Crippen LogP contribution in [0.3, 0.4) is 0 Å². The average molecular weight is 375 g/mol. The molecule has 4 rings (SSSR count). The van der Waals surface area contributed by atoms with E-state index in [2.05, 4.69) is 11.9 Å². The van der Waals surface area contributed by atoms with Gasteiger partial charge in [0.15, 0.2) is 0 Å². The maximum Gasteiger partial charge on any atom is 0.410 e. The highest BCUT2D eigenvalue weighted by Crippen LogP contribution is 2.36. The molecule has 2 aliphatic heterocycles. The summed E-state index contributed by atoms with van der Waals surface area (Å²) < 4.78 is 20.2. The Bertz CT molecular complexity index is 647. The molecular formula is C22H31FN2O2. The molecular weight excluding hydrogens is 343 g/mol. The third kappa shape index (κ3) is 4.13. The highest BCUT2D eigenvalue weighted by atomic mass is 19.1. The van der Waals surface area contributed by atoms with Gasteiger partial charge in [0.05, 0.1) is 6.54 Å². The van der Waals surface area contributed by atoms with Gasteiger partial charge in [0.2, 0.25) is 0 Å². The first-order chi connectivity index (χ1) is 13.1. The van der Waals surface area contributed by atoms with E-state index in [0.717, 1.165) is 38.5 Å². The molecule has 2 heterocycles. The molecule has 1 aromatic rings. The van der Waals surface area contributed by atoms with E-state index in [9.17, 15) is 9.18 Å². The number of nitrogens with zero attached hydrogens (tertiary/aromatic N) is 2. The van der Waals surface area contributed by atoms with Crippen LogP contribution in [0.5, 0.6) is 0 Å². The first kappa shape index (κ1) is 18.7.